The predicted molar refractivity (Wildman–Crippen MR) is 50.7 cm³/mol. The third kappa shape index (κ3) is 2.43. The zero-order chi connectivity index (χ0) is 10.9. The Morgan fingerprint density at radius 3 is 2.36 bits per heavy atom. The largest absolute Gasteiger partial charge is 0.390 e. The molecule has 1 saturated heterocycles. The number of rotatable bonds is 1. The molecule has 0 aromatic rings. The molecule has 0 radical (unpaired) electrons. The van der Waals surface area contributed by atoms with Crippen LogP contribution in [0.25, 0.3) is 0 Å². The maximum Gasteiger partial charge on any atom is 0.116 e. The van der Waals surface area contributed by atoms with Crippen molar-refractivity contribution in [2.24, 2.45) is 5.41 Å². The summed E-state index contributed by atoms with van der Waals surface area (Å²) in [5.74, 6) is 0. The van der Waals surface area contributed by atoms with E-state index in [2.05, 4.69) is 0 Å². The fraction of sp³-hybridized carbons (Fsp3) is 1.00. The molecule has 2 N–H and O–H groups in total. The molecule has 0 bridgehead atoms. The van der Waals surface area contributed by atoms with Crippen molar-refractivity contribution in [1.82, 2.24) is 0 Å². The van der Waals surface area contributed by atoms with Crippen LogP contribution in [-0.2, 0) is 4.74 Å². The van der Waals surface area contributed by atoms with Gasteiger partial charge in [0.25, 0.3) is 0 Å². The summed E-state index contributed by atoms with van der Waals surface area (Å²) in [4.78, 5) is 0. The summed E-state index contributed by atoms with van der Waals surface area (Å²) in [7, 11) is 0. The SMILES string of the molecule is CC(C)(C)[C@@H]1O[C@H](CF)C[C@H](O)[C@H]1O. The Hall–Kier alpha value is -0.190. The Bertz CT molecular complexity index is 190. The normalized spacial score (nSPS) is 39.9. The number of aliphatic hydroxyl groups excluding tert-OH is 2. The average molecular weight is 206 g/mol. The van der Waals surface area contributed by atoms with E-state index in [0.717, 1.165) is 0 Å². The van der Waals surface area contributed by atoms with Crippen LogP contribution in [0.2, 0.25) is 0 Å². The highest BCUT2D eigenvalue weighted by atomic mass is 19.1. The van der Waals surface area contributed by atoms with Gasteiger partial charge >= 0.3 is 0 Å². The van der Waals surface area contributed by atoms with Crippen molar-refractivity contribution in [3.05, 3.63) is 0 Å². The molecular formula is C10H19FO3. The molecule has 1 aliphatic rings. The van der Waals surface area contributed by atoms with Crippen LogP contribution in [0.1, 0.15) is 27.2 Å². The minimum absolute atomic E-state index is 0.171. The first kappa shape index (κ1) is 11.9. The molecule has 14 heavy (non-hydrogen) atoms. The van der Waals surface area contributed by atoms with Gasteiger partial charge in [-0.15, -0.1) is 0 Å². The van der Waals surface area contributed by atoms with Gasteiger partial charge in [0.2, 0.25) is 0 Å². The molecular weight excluding hydrogens is 187 g/mol. The highest BCUT2D eigenvalue weighted by Crippen LogP contribution is 2.32. The summed E-state index contributed by atoms with van der Waals surface area (Å²) in [6, 6.07) is 0. The van der Waals surface area contributed by atoms with Crippen LogP contribution < -0.4 is 0 Å². The van der Waals surface area contributed by atoms with E-state index < -0.39 is 31.1 Å². The summed E-state index contributed by atoms with van der Waals surface area (Å²) in [6.07, 6.45) is -2.72. The monoisotopic (exact) mass is 206 g/mol. The molecule has 1 rings (SSSR count). The molecule has 0 aromatic heterocycles. The molecule has 4 heteroatoms. The Morgan fingerprint density at radius 1 is 1.36 bits per heavy atom. The van der Waals surface area contributed by atoms with E-state index in [9.17, 15) is 14.6 Å². The lowest BCUT2D eigenvalue weighted by Crippen LogP contribution is -2.53. The molecule has 0 amide bonds. The molecule has 3 nitrogen and oxygen atoms in total. The standard InChI is InChI=1S/C10H19FO3/c1-10(2,3)9-8(13)7(12)4-6(5-11)14-9/h6-9,12-13H,4-5H2,1-3H3/t6-,7-,8+,9+/m0/s1. The average Bonchev–Trinajstić information content (AvgIpc) is 2.07. The van der Waals surface area contributed by atoms with Gasteiger partial charge in [0.15, 0.2) is 0 Å². The van der Waals surface area contributed by atoms with Gasteiger partial charge in [-0.2, -0.15) is 0 Å². The minimum Gasteiger partial charge on any atom is -0.390 e. The highest BCUT2D eigenvalue weighted by molar-refractivity contribution is 4.91. The van der Waals surface area contributed by atoms with Crippen molar-refractivity contribution in [1.29, 1.82) is 0 Å². The summed E-state index contributed by atoms with van der Waals surface area (Å²) in [5.41, 5.74) is -0.297. The second-order valence-electron chi connectivity index (χ2n) is 4.99. The fourth-order valence-corrected chi connectivity index (χ4v) is 1.77. The van der Waals surface area contributed by atoms with Gasteiger partial charge in [-0.3, -0.25) is 0 Å². The topological polar surface area (TPSA) is 49.7 Å². The Kier molecular flexibility index (Phi) is 3.50. The third-order valence-corrected chi connectivity index (χ3v) is 2.57. The molecule has 0 spiro atoms. The molecule has 0 aliphatic carbocycles. The van der Waals surface area contributed by atoms with Gasteiger partial charge in [-0.05, 0) is 5.41 Å². The maximum absolute atomic E-state index is 12.4. The van der Waals surface area contributed by atoms with Gasteiger partial charge in [0, 0.05) is 6.42 Å². The Labute approximate surface area is 83.9 Å². The molecule has 84 valence electrons. The fourth-order valence-electron chi connectivity index (χ4n) is 1.77. The lowest BCUT2D eigenvalue weighted by Gasteiger charge is -2.42. The minimum atomic E-state index is -0.919. The van der Waals surface area contributed by atoms with E-state index in [4.69, 9.17) is 4.74 Å². The van der Waals surface area contributed by atoms with Crippen LogP contribution in [0.3, 0.4) is 0 Å². The third-order valence-electron chi connectivity index (χ3n) is 2.57. The highest BCUT2D eigenvalue weighted by Gasteiger charge is 2.42. The van der Waals surface area contributed by atoms with E-state index in [-0.39, 0.29) is 11.8 Å². The van der Waals surface area contributed by atoms with Crippen LogP contribution in [0.4, 0.5) is 4.39 Å². The van der Waals surface area contributed by atoms with E-state index in [0.29, 0.717) is 0 Å². The number of hydrogen-bond acceptors (Lipinski definition) is 3. The zero-order valence-corrected chi connectivity index (χ0v) is 8.90. The van der Waals surface area contributed by atoms with Gasteiger partial charge in [0.1, 0.15) is 12.8 Å². The van der Waals surface area contributed by atoms with Gasteiger partial charge < -0.3 is 14.9 Å². The summed E-state index contributed by atoms with van der Waals surface area (Å²) in [5, 5.41) is 19.2. The van der Waals surface area contributed by atoms with Crippen molar-refractivity contribution in [2.45, 2.75) is 51.6 Å². The first-order valence-electron chi connectivity index (χ1n) is 4.94. The van der Waals surface area contributed by atoms with Gasteiger partial charge in [0.05, 0.1) is 18.3 Å². The van der Waals surface area contributed by atoms with E-state index in [1.165, 1.54) is 0 Å². The predicted octanol–water partition coefficient (Wildman–Crippen LogP) is 0.881. The molecule has 1 heterocycles. The summed E-state index contributed by atoms with van der Waals surface area (Å²) >= 11 is 0. The summed E-state index contributed by atoms with van der Waals surface area (Å²) in [6.45, 7) is 5.08. The number of ether oxygens (including phenoxy) is 1. The first-order valence-corrected chi connectivity index (χ1v) is 4.94. The number of aliphatic hydroxyl groups is 2. The van der Waals surface area contributed by atoms with Gasteiger partial charge in [-0.25, -0.2) is 4.39 Å². The maximum atomic E-state index is 12.4. The zero-order valence-electron chi connectivity index (χ0n) is 8.90. The van der Waals surface area contributed by atoms with E-state index in [1.807, 2.05) is 20.8 Å². The molecule has 0 aromatic carbocycles. The Morgan fingerprint density at radius 2 is 1.93 bits per heavy atom. The van der Waals surface area contributed by atoms with Crippen molar-refractivity contribution in [2.75, 3.05) is 6.67 Å². The van der Waals surface area contributed by atoms with Crippen molar-refractivity contribution in [3.63, 3.8) is 0 Å². The van der Waals surface area contributed by atoms with Crippen LogP contribution in [-0.4, -0.2) is 41.3 Å². The second kappa shape index (κ2) is 4.13. The lowest BCUT2D eigenvalue weighted by atomic mass is 9.81. The van der Waals surface area contributed by atoms with E-state index in [1.54, 1.807) is 0 Å². The van der Waals surface area contributed by atoms with Crippen LogP contribution in [0, 0.1) is 5.41 Å². The first-order chi connectivity index (χ1) is 6.36. The molecule has 4 atom stereocenters. The number of hydrogen-bond donors (Lipinski definition) is 2. The number of alkyl halides is 1. The lowest BCUT2D eigenvalue weighted by molar-refractivity contribution is -0.202. The van der Waals surface area contributed by atoms with Crippen LogP contribution >= 0.6 is 0 Å². The summed E-state index contributed by atoms with van der Waals surface area (Å²) < 4.78 is 17.8. The van der Waals surface area contributed by atoms with Crippen LogP contribution in [0.15, 0.2) is 0 Å². The Balaban J connectivity index is 2.73. The second-order valence-corrected chi connectivity index (χ2v) is 4.99. The molecule has 1 aliphatic heterocycles. The van der Waals surface area contributed by atoms with Crippen molar-refractivity contribution >= 4 is 0 Å². The molecule has 1 fully saturated rings. The van der Waals surface area contributed by atoms with Crippen molar-refractivity contribution < 1.29 is 19.3 Å². The van der Waals surface area contributed by atoms with Crippen LogP contribution in [0.5, 0.6) is 0 Å². The van der Waals surface area contributed by atoms with Gasteiger partial charge in [-0.1, -0.05) is 20.8 Å². The molecule has 0 unspecified atom stereocenters. The quantitative estimate of drug-likeness (QED) is 0.669. The van der Waals surface area contributed by atoms with Crippen molar-refractivity contribution in [3.8, 4) is 0 Å². The number of halogens is 1. The molecule has 0 saturated carbocycles. The smallest absolute Gasteiger partial charge is 0.116 e. The van der Waals surface area contributed by atoms with E-state index >= 15 is 0 Å².